The number of benzene rings is 1. The normalized spacial score (nSPS) is 14.8. The van der Waals surface area contributed by atoms with E-state index >= 15 is 0 Å². The number of nitrogens with zero attached hydrogens (tertiary/aromatic N) is 2. The van der Waals surface area contributed by atoms with Gasteiger partial charge in [0.05, 0.1) is 16.5 Å². The van der Waals surface area contributed by atoms with Crippen LogP contribution in [-0.4, -0.2) is 40.6 Å². The summed E-state index contributed by atoms with van der Waals surface area (Å²) in [6.07, 6.45) is 3.68. The summed E-state index contributed by atoms with van der Waals surface area (Å²) < 4.78 is 6.86. The molecule has 3 amide bonds. The van der Waals surface area contributed by atoms with Gasteiger partial charge >= 0.3 is 12.0 Å². The maximum atomic E-state index is 12.8. The van der Waals surface area contributed by atoms with Crippen molar-refractivity contribution in [3.8, 4) is 0 Å². The fourth-order valence-corrected chi connectivity index (χ4v) is 3.28. The molecule has 1 atom stereocenters. The quantitative estimate of drug-likeness (QED) is 0.754. The third-order valence-corrected chi connectivity index (χ3v) is 4.92. The smallest absolute Gasteiger partial charge is 0.338 e. The van der Waals surface area contributed by atoms with E-state index in [0.29, 0.717) is 17.4 Å². The van der Waals surface area contributed by atoms with Gasteiger partial charge in [-0.1, -0.05) is 12.8 Å². The van der Waals surface area contributed by atoms with Crippen LogP contribution in [0.4, 0.5) is 4.79 Å². The number of ether oxygens (including phenoxy) is 1. The van der Waals surface area contributed by atoms with E-state index in [9.17, 15) is 19.2 Å². The molecule has 0 saturated carbocycles. The summed E-state index contributed by atoms with van der Waals surface area (Å²) >= 11 is 0. The molecule has 3 rings (SSSR count). The van der Waals surface area contributed by atoms with E-state index in [1.165, 1.54) is 26.1 Å². The second-order valence-electron chi connectivity index (χ2n) is 7.00. The van der Waals surface area contributed by atoms with Crippen molar-refractivity contribution in [3.63, 3.8) is 0 Å². The molecule has 0 radical (unpaired) electrons. The zero-order chi connectivity index (χ0) is 21.0. The lowest BCUT2D eigenvalue weighted by molar-refractivity contribution is -0.127. The first kappa shape index (κ1) is 20.5. The van der Waals surface area contributed by atoms with E-state index < -0.39 is 24.0 Å². The highest BCUT2D eigenvalue weighted by Crippen LogP contribution is 2.17. The van der Waals surface area contributed by atoms with Gasteiger partial charge in [-0.3, -0.25) is 19.5 Å². The van der Waals surface area contributed by atoms with Crippen molar-refractivity contribution < 1.29 is 19.1 Å². The van der Waals surface area contributed by atoms with Crippen LogP contribution in [0.2, 0.25) is 0 Å². The van der Waals surface area contributed by atoms with Crippen molar-refractivity contribution in [2.24, 2.45) is 0 Å². The minimum absolute atomic E-state index is 0.106. The minimum Gasteiger partial charge on any atom is -0.449 e. The van der Waals surface area contributed by atoms with Crippen LogP contribution in [0.3, 0.4) is 0 Å². The third-order valence-electron chi connectivity index (χ3n) is 4.92. The van der Waals surface area contributed by atoms with E-state index in [1.807, 2.05) is 5.32 Å². The van der Waals surface area contributed by atoms with Gasteiger partial charge < -0.3 is 10.1 Å². The zero-order valence-electron chi connectivity index (χ0n) is 16.5. The van der Waals surface area contributed by atoms with Gasteiger partial charge in [-0.05, 0) is 38.0 Å². The average molecular weight is 400 g/mol. The summed E-state index contributed by atoms with van der Waals surface area (Å²) in [7, 11) is 1.37. The largest absolute Gasteiger partial charge is 0.449 e. The van der Waals surface area contributed by atoms with Crippen molar-refractivity contribution in [3.05, 3.63) is 39.9 Å². The Morgan fingerprint density at radius 3 is 2.69 bits per heavy atom. The fourth-order valence-electron chi connectivity index (χ4n) is 3.28. The first-order valence-electron chi connectivity index (χ1n) is 9.67. The zero-order valence-corrected chi connectivity index (χ0v) is 16.5. The number of urea groups is 1. The molecule has 29 heavy (non-hydrogen) atoms. The molecule has 0 saturated heterocycles. The highest BCUT2D eigenvalue weighted by Gasteiger charge is 2.21. The van der Waals surface area contributed by atoms with Crippen LogP contribution in [0.15, 0.2) is 23.0 Å². The van der Waals surface area contributed by atoms with Gasteiger partial charge in [0.1, 0.15) is 5.82 Å². The SMILES string of the molecule is CNC(=O)NC(=O)[C@@H](C)OC(=O)c1ccc2c(=O)n3c(nc2c1)CCCCCC3. The lowest BCUT2D eigenvalue weighted by atomic mass is 10.1. The van der Waals surface area contributed by atoms with Crippen LogP contribution in [-0.2, 0) is 22.5 Å². The van der Waals surface area contributed by atoms with Gasteiger partial charge in [0, 0.05) is 20.0 Å². The van der Waals surface area contributed by atoms with Crippen LogP contribution in [0, 0.1) is 0 Å². The number of nitrogens with one attached hydrogen (secondary N) is 2. The van der Waals surface area contributed by atoms with E-state index in [1.54, 1.807) is 10.6 Å². The summed E-state index contributed by atoms with van der Waals surface area (Å²) in [6.45, 7) is 2.02. The number of imide groups is 1. The molecule has 0 fully saturated rings. The first-order valence-corrected chi connectivity index (χ1v) is 9.67. The van der Waals surface area contributed by atoms with E-state index in [4.69, 9.17) is 4.74 Å². The van der Waals surface area contributed by atoms with Gasteiger partial charge in [0.2, 0.25) is 0 Å². The fraction of sp³-hybridized carbons (Fsp3) is 0.450. The maximum Gasteiger partial charge on any atom is 0.338 e. The Morgan fingerprint density at radius 1 is 1.17 bits per heavy atom. The van der Waals surface area contributed by atoms with Crippen LogP contribution in [0.5, 0.6) is 0 Å². The van der Waals surface area contributed by atoms with Crippen molar-refractivity contribution in [2.45, 2.75) is 51.7 Å². The van der Waals surface area contributed by atoms with Crippen molar-refractivity contribution in [1.82, 2.24) is 20.2 Å². The number of amides is 3. The lowest BCUT2D eigenvalue weighted by Gasteiger charge is -2.16. The number of rotatable bonds is 3. The Morgan fingerprint density at radius 2 is 1.93 bits per heavy atom. The van der Waals surface area contributed by atoms with Gasteiger partial charge in [0.15, 0.2) is 6.10 Å². The topological polar surface area (TPSA) is 119 Å². The second-order valence-corrected chi connectivity index (χ2v) is 7.00. The van der Waals surface area contributed by atoms with E-state index in [0.717, 1.165) is 37.9 Å². The number of hydrogen-bond donors (Lipinski definition) is 2. The molecule has 2 heterocycles. The lowest BCUT2D eigenvalue weighted by Crippen LogP contribution is -2.43. The van der Waals surface area contributed by atoms with Crippen molar-refractivity contribution >= 4 is 28.8 Å². The van der Waals surface area contributed by atoms with Crippen LogP contribution in [0.1, 0.15) is 48.8 Å². The average Bonchev–Trinajstić information content (AvgIpc) is 2.68. The highest BCUT2D eigenvalue weighted by molar-refractivity contribution is 5.99. The first-order chi connectivity index (χ1) is 13.9. The monoisotopic (exact) mass is 400 g/mol. The molecule has 154 valence electrons. The molecule has 9 heteroatoms. The second kappa shape index (κ2) is 8.85. The van der Waals surface area contributed by atoms with Gasteiger partial charge in [-0.15, -0.1) is 0 Å². The van der Waals surface area contributed by atoms with Gasteiger partial charge in [0.25, 0.3) is 11.5 Å². The Kier molecular flexibility index (Phi) is 6.26. The molecular formula is C20H24N4O5. The van der Waals surface area contributed by atoms with Crippen LogP contribution >= 0.6 is 0 Å². The summed E-state index contributed by atoms with van der Waals surface area (Å²) in [5, 5.41) is 4.73. The number of carbonyl (C=O) groups excluding carboxylic acids is 3. The summed E-state index contributed by atoms with van der Waals surface area (Å²) in [5.74, 6) is -0.748. The Balaban J connectivity index is 1.84. The molecule has 1 aliphatic rings. The van der Waals surface area contributed by atoms with Gasteiger partial charge in [-0.25, -0.2) is 14.6 Å². The van der Waals surface area contributed by atoms with Crippen molar-refractivity contribution in [1.29, 1.82) is 0 Å². The summed E-state index contributed by atoms with van der Waals surface area (Å²) in [5.41, 5.74) is 0.503. The Hall–Kier alpha value is -3.23. The predicted octanol–water partition coefficient (Wildman–Crippen LogP) is 1.51. The Labute approximate surface area is 167 Å². The predicted molar refractivity (Wildman–Crippen MR) is 106 cm³/mol. The third kappa shape index (κ3) is 4.61. The van der Waals surface area contributed by atoms with E-state index in [-0.39, 0.29) is 11.1 Å². The van der Waals surface area contributed by atoms with Crippen molar-refractivity contribution in [2.75, 3.05) is 7.05 Å². The van der Waals surface area contributed by atoms with E-state index in [2.05, 4.69) is 10.3 Å². The number of aryl methyl sites for hydroxylation is 1. The molecule has 2 N–H and O–H groups in total. The molecule has 0 aliphatic carbocycles. The highest BCUT2D eigenvalue weighted by atomic mass is 16.5. The number of fused-ring (bicyclic) bond motifs is 2. The van der Waals surface area contributed by atoms with Gasteiger partial charge in [-0.2, -0.15) is 0 Å². The van der Waals surface area contributed by atoms with Crippen LogP contribution in [0.25, 0.3) is 10.9 Å². The molecule has 1 aromatic heterocycles. The molecular weight excluding hydrogens is 376 g/mol. The number of aromatic nitrogens is 2. The Bertz CT molecular complexity index is 1010. The standard InChI is InChI=1S/C20H24N4O5/c1-12(17(25)23-20(28)21-2)29-19(27)13-8-9-14-15(11-13)22-16-7-5-3-4-6-10-24(16)18(14)26/h8-9,11-12H,3-7,10H2,1-2H3,(H2,21,23,25,28)/t12-/m1/s1. The number of esters is 1. The minimum atomic E-state index is -1.16. The summed E-state index contributed by atoms with van der Waals surface area (Å²) in [6, 6.07) is 3.85. The number of hydrogen-bond acceptors (Lipinski definition) is 6. The molecule has 9 nitrogen and oxygen atoms in total. The molecule has 2 aromatic rings. The van der Waals surface area contributed by atoms with Crippen LogP contribution < -0.4 is 16.2 Å². The number of carbonyl (C=O) groups is 3. The summed E-state index contributed by atoms with van der Waals surface area (Å²) in [4.78, 5) is 52.9. The molecule has 1 aliphatic heterocycles. The molecule has 0 unspecified atom stereocenters. The molecule has 1 aromatic carbocycles. The maximum absolute atomic E-state index is 12.8. The molecule has 0 spiro atoms. The molecule has 0 bridgehead atoms.